The van der Waals surface area contributed by atoms with Gasteiger partial charge in [-0.15, -0.1) is 11.3 Å². The molecule has 12 heteroatoms. The minimum Gasteiger partial charge on any atom is -0.320 e. The Hall–Kier alpha value is -2.36. The molecule has 0 saturated carbocycles. The van der Waals surface area contributed by atoms with Gasteiger partial charge in [0.25, 0.3) is 0 Å². The van der Waals surface area contributed by atoms with Crippen LogP contribution in [0.5, 0.6) is 0 Å². The number of benzene rings is 4. The lowest BCUT2D eigenvalue weighted by Gasteiger charge is -2.24. The molecule has 0 aliphatic carbocycles. The average Bonchev–Trinajstić information content (AvgIpc) is 3.47. The molecule has 0 amide bonds. The number of aromatic nitrogens is 1. The van der Waals surface area contributed by atoms with Crippen molar-refractivity contribution in [3.63, 3.8) is 0 Å². The smallest absolute Gasteiger partial charge is 0.320 e. The fourth-order valence-electron chi connectivity index (χ4n) is 4.03. The third-order valence-corrected chi connectivity index (χ3v) is 9.78. The number of fused-ring (bicyclic) bond motifs is 1. The summed E-state index contributed by atoms with van der Waals surface area (Å²) >= 11 is 16.9. The number of hydrogen-bond donors (Lipinski definition) is 2. The lowest BCUT2D eigenvalue weighted by atomic mass is 10.1. The monoisotopic (exact) mass is 726 g/mol. The highest BCUT2D eigenvalue weighted by Gasteiger charge is 2.51. The molecule has 0 radical (unpaired) electrons. The summed E-state index contributed by atoms with van der Waals surface area (Å²) < 4.78 is 40.0. The minimum absolute atomic E-state index is 0.126. The van der Waals surface area contributed by atoms with E-state index in [2.05, 4.69) is 35.8 Å². The molecule has 0 aliphatic rings. The molecule has 226 valence electrons. The molecule has 5 nitrogen and oxygen atoms in total. The maximum absolute atomic E-state index is 14.4. The summed E-state index contributed by atoms with van der Waals surface area (Å²) in [6, 6.07) is 23.1. The molecule has 0 spiro atoms. The topological polar surface area (TPSA) is 73.7 Å². The number of thiazole rings is 1. The van der Waals surface area contributed by atoms with Gasteiger partial charge in [0.15, 0.2) is 5.13 Å². The van der Waals surface area contributed by atoms with Gasteiger partial charge in [-0.2, -0.15) is 8.78 Å². The predicted molar refractivity (Wildman–Crippen MR) is 178 cm³/mol. The SMILES string of the molecule is CCCC.O=P(O)(O)C(F)(F)c1ccc(CN(c2ccc(Cl)c(Cl)c2)c2nc(-c3ccc4ccccc4c3)cs2)cc1Br. The highest BCUT2D eigenvalue weighted by atomic mass is 79.9. The van der Waals surface area contributed by atoms with Gasteiger partial charge in [0.2, 0.25) is 0 Å². The van der Waals surface area contributed by atoms with Crippen LogP contribution in [0.2, 0.25) is 10.0 Å². The van der Waals surface area contributed by atoms with Gasteiger partial charge in [0.1, 0.15) is 0 Å². The van der Waals surface area contributed by atoms with E-state index in [1.54, 1.807) is 18.2 Å². The Morgan fingerprint density at radius 3 is 2.26 bits per heavy atom. The maximum Gasteiger partial charge on any atom is 0.399 e. The van der Waals surface area contributed by atoms with Crippen molar-refractivity contribution in [3.8, 4) is 11.3 Å². The summed E-state index contributed by atoms with van der Waals surface area (Å²) in [7, 11) is -5.72. The lowest BCUT2D eigenvalue weighted by molar-refractivity contribution is 0.0557. The minimum atomic E-state index is -5.72. The molecule has 43 heavy (non-hydrogen) atoms. The molecule has 1 aromatic heterocycles. The summed E-state index contributed by atoms with van der Waals surface area (Å²) in [6.45, 7) is 4.56. The van der Waals surface area contributed by atoms with Crippen LogP contribution >= 0.6 is 58.1 Å². The number of unbranched alkanes of at least 4 members (excludes halogenated alkanes) is 1. The van der Waals surface area contributed by atoms with Crippen LogP contribution in [0.3, 0.4) is 0 Å². The zero-order valence-corrected chi connectivity index (χ0v) is 28.0. The standard InChI is InChI=1S/C27H18BrCl2F2N2O3PS.C4H10/c28-22-11-16(5-9-21(22)27(31,32)38(35,36)37)14-34(20-8-10-23(29)24(30)13-20)26-33-25(15-39-26)19-7-6-17-3-1-2-4-18(17)12-19;1-3-4-2/h1-13,15H,14H2,(H2,35,36,37);3-4H2,1-2H3. The number of anilines is 2. The van der Waals surface area contributed by atoms with E-state index in [0.29, 0.717) is 26.4 Å². The molecule has 4 aromatic carbocycles. The van der Waals surface area contributed by atoms with Crippen LogP contribution in [0.25, 0.3) is 22.0 Å². The van der Waals surface area contributed by atoms with Crippen molar-refractivity contribution in [1.82, 2.24) is 4.98 Å². The van der Waals surface area contributed by atoms with Gasteiger partial charge >= 0.3 is 13.3 Å². The molecular formula is C31H28BrCl2F2N2O3PS. The first-order valence-corrected chi connectivity index (χ1v) is 17.3. The Kier molecular flexibility index (Phi) is 11.0. The Morgan fingerprint density at radius 1 is 0.930 bits per heavy atom. The number of nitrogens with zero attached hydrogens (tertiary/aromatic N) is 2. The highest BCUT2D eigenvalue weighted by molar-refractivity contribution is 9.10. The van der Waals surface area contributed by atoms with Crippen LogP contribution in [0, 0.1) is 0 Å². The van der Waals surface area contributed by atoms with E-state index >= 15 is 0 Å². The van der Waals surface area contributed by atoms with Crippen molar-refractivity contribution >= 4 is 79.7 Å². The van der Waals surface area contributed by atoms with E-state index in [1.165, 1.54) is 36.3 Å². The lowest BCUT2D eigenvalue weighted by Crippen LogP contribution is -2.18. The normalized spacial score (nSPS) is 11.7. The van der Waals surface area contributed by atoms with Crippen LogP contribution in [0.4, 0.5) is 19.6 Å². The van der Waals surface area contributed by atoms with Crippen LogP contribution in [-0.4, -0.2) is 14.8 Å². The Bertz CT molecular complexity index is 1780. The van der Waals surface area contributed by atoms with Crippen LogP contribution in [-0.2, 0) is 16.8 Å². The molecule has 0 fully saturated rings. The molecule has 0 aliphatic heterocycles. The second kappa shape index (κ2) is 14.2. The molecule has 0 saturated heterocycles. The van der Waals surface area contributed by atoms with Gasteiger partial charge in [0.05, 0.1) is 22.3 Å². The first kappa shape index (κ1) is 33.5. The zero-order chi connectivity index (χ0) is 31.4. The van der Waals surface area contributed by atoms with E-state index in [9.17, 15) is 13.3 Å². The van der Waals surface area contributed by atoms with Gasteiger partial charge in [0, 0.05) is 26.7 Å². The van der Waals surface area contributed by atoms with E-state index in [1.807, 2.05) is 46.7 Å². The molecule has 2 N–H and O–H groups in total. The van der Waals surface area contributed by atoms with Crippen LogP contribution in [0.15, 0.2) is 88.7 Å². The third kappa shape index (κ3) is 7.84. The summed E-state index contributed by atoms with van der Waals surface area (Å²) in [5.41, 5.74) is -2.17. The number of hydrogen-bond acceptors (Lipinski definition) is 4. The third-order valence-electron chi connectivity index (χ3n) is 6.55. The fraction of sp³-hybridized carbons (Fsp3) is 0.194. The summed E-state index contributed by atoms with van der Waals surface area (Å²) in [4.78, 5) is 25.0. The van der Waals surface area contributed by atoms with Crippen molar-refractivity contribution in [2.24, 2.45) is 0 Å². The van der Waals surface area contributed by atoms with Crippen molar-refractivity contribution in [3.05, 3.63) is 110 Å². The fourth-order valence-corrected chi connectivity index (χ4v) is 6.52. The van der Waals surface area contributed by atoms with Gasteiger partial charge in [-0.1, -0.05) is 114 Å². The van der Waals surface area contributed by atoms with Crippen LogP contribution < -0.4 is 4.90 Å². The molecule has 0 atom stereocenters. The van der Waals surface area contributed by atoms with Crippen molar-refractivity contribution in [2.75, 3.05) is 4.90 Å². The van der Waals surface area contributed by atoms with E-state index in [-0.39, 0.29) is 11.0 Å². The predicted octanol–water partition coefficient (Wildman–Crippen LogP) is 11.4. The summed E-state index contributed by atoms with van der Waals surface area (Å²) in [6.07, 6.45) is 2.64. The molecule has 1 heterocycles. The van der Waals surface area contributed by atoms with Crippen molar-refractivity contribution < 1.29 is 23.1 Å². The second-order valence-electron chi connectivity index (χ2n) is 9.66. The van der Waals surface area contributed by atoms with Gasteiger partial charge in [-0.25, -0.2) is 4.98 Å². The summed E-state index contributed by atoms with van der Waals surface area (Å²) in [5, 5.41) is 5.47. The Labute approximate surface area is 271 Å². The highest BCUT2D eigenvalue weighted by Crippen LogP contribution is 2.60. The molecule has 0 bridgehead atoms. The largest absolute Gasteiger partial charge is 0.399 e. The average molecular weight is 728 g/mol. The van der Waals surface area contributed by atoms with E-state index < -0.39 is 18.8 Å². The van der Waals surface area contributed by atoms with E-state index in [0.717, 1.165) is 28.1 Å². The van der Waals surface area contributed by atoms with E-state index in [4.69, 9.17) is 38.0 Å². The Morgan fingerprint density at radius 2 is 1.63 bits per heavy atom. The molecule has 5 aromatic rings. The van der Waals surface area contributed by atoms with Crippen LogP contribution in [0.1, 0.15) is 37.8 Å². The maximum atomic E-state index is 14.4. The van der Waals surface area contributed by atoms with Gasteiger partial charge in [-0.3, -0.25) is 4.57 Å². The first-order valence-electron chi connectivity index (χ1n) is 13.2. The molecular weight excluding hydrogens is 700 g/mol. The molecule has 0 unspecified atom stereocenters. The second-order valence-corrected chi connectivity index (χ2v) is 13.8. The van der Waals surface area contributed by atoms with Gasteiger partial charge < -0.3 is 14.7 Å². The number of halogens is 5. The molecule has 5 rings (SSSR count). The van der Waals surface area contributed by atoms with Crippen molar-refractivity contribution in [1.29, 1.82) is 0 Å². The Balaban J connectivity index is 0.000000996. The van der Waals surface area contributed by atoms with Crippen molar-refractivity contribution in [2.45, 2.75) is 38.9 Å². The number of alkyl halides is 2. The number of rotatable bonds is 8. The zero-order valence-electron chi connectivity index (χ0n) is 23.1. The quantitative estimate of drug-likeness (QED) is 0.156. The first-order chi connectivity index (χ1) is 20.3. The summed E-state index contributed by atoms with van der Waals surface area (Å²) in [5.74, 6) is 0. The van der Waals surface area contributed by atoms with Gasteiger partial charge in [-0.05, 0) is 46.7 Å².